The van der Waals surface area contributed by atoms with E-state index in [4.69, 9.17) is 0 Å². The molecule has 0 aromatic heterocycles. The summed E-state index contributed by atoms with van der Waals surface area (Å²) < 4.78 is 6.56. The van der Waals surface area contributed by atoms with E-state index in [0.29, 0.717) is 6.42 Å². The van der Waals surface area contributed by atoms with Gasteiger partial charge in [0.25, 0.3) is 0 Å². The van der Waals surface area contributed by atoms with E-state index in [-0.39, 0.29) is 5.97 Å². The van der Waals surface area contributed by atoms with E-state index >= 15 is 0 Å². The number of ether oxygens (including phenoxy) is 1. The normalized spacial score (nSPS) is 9.12. The fourth-order valence-electron chi connectivity index (χ4n) is 1.11. The minimum Gasteiger partial charge on any atom is -0.469 e. The number of esters is 1. The predicted molar refractivity (Wildman–Crippen MR) is 73.6 cm³/mol. The molecule has 4 heteroatoms. The Kier molecular flexibility index (Phi) is 7.68. The highest BCUT2D eigenvalue weighted by Gasteiger charge is 2.08. The molecule has 0 atom stereocenters. The topological polar surface area (TPSA) is 26.3 Å². The second-order valence-corrected chi connectivity index (χ2v) is 4.69. The van der Waals surface area contributed by atoms with Crippen LogP contribution in [0.2, 0.25) is 0 Å². The summed E-state index contributed by atoms with van der Waals surface area (Å²) in [6, 6.07) is 3.88. The van der Waals surface area contributed by atoms with Gasteiger partial charge in [0.05, 0.1) is 13.5 Å². The first-order valence-corrected chi connectivity index (χ1v) is 6.64. The van der Waals surface area contributed by atoms with Crippen molar-refractivity contribution in [3.63, 3.8) is 0 Å². The molecule has 0 heterocycles. The summed E-state index contributed by atoms with van der Waals surface area (Å²) >= 11 is 6.80. The highest BCUT2D eigenvalue weighted by Crippen LogP contribution is 2.25. The molecule has 90 valence electrons. The van der Waals surface area contributed by atoms with Crippen LogP contribution in [0, 0.1) is 6.92 Å². The number of benzene rings is 1. The maximum absolute atomic E-state index is 11.1. The third-order valence-electron chi connectivity index (χ3n) is 1.98. The fraction of sp³-hybridized carbons (Fsp3) is 0.417. The summed E-state index contributed by atoms with van der Waals surface area (Å²) in [5, 5.41) is 0. The average molecular weight is 352 g/mol. The maximum Gasteiger partial charge on any atom is 0.309 e. The monoisotopic (exact) mass is 350 g/mol. The Morgan fingerprint density at radius 1 is 1.31 bits per heavy atom. The molecule has 0 saturated heterocycles. The molecule has 0 aliphatic heterocycles. The number of hydrogen-bond acceptors (Lipinski definition) is 2. The molecule has 1 aromatic carbocycles. The third-order valence-corrected chi connectivity index (χ3v) is 3.26. The molecule has 0 saturated carbocycles. The summed E-state index contributed by atoms with van der Waals surface area (Å²) in [5.74, 6) is -0.224. The minimum atomic E-state index is -0.224. The fourth-order valence-corrected chi connectivity index (χ4v) is 2.42. The molecule has 0 radical (unpaired) electrons. The number of halogens is 2. The number of rotatable bonds is 2. The molecule has 0 aliphatic carbocycles. The number of methoxy groups -OCH3 is 1. The zero-order valence-corrected chi connectivity index (χ0v) is 13.1. The first-order chi connectivity index (χ1) is 7.54. The molecule has 0 aliphatic rings. The Balaban J connectivity index is 0.00000106. The van der Waals surface area contributed by atoms with Gasteiger partial charge < -0.3 is 4.74 Å². The van der Waals surface area contributed by atoms with E-state index in [1.54, 1.807) is 0 Å². The lowest BCUT2D eigenvalue weighted by molar-refractivity contribution is -0.139. The first kappa shape index (κ1) is 15.7. The Hall–Kier alpha value is -0.350. The third kappa shape index (κ3) is 4.66. The summed E-state index contributed by atoms with van der Waals surface area (Å²) in [4.78, 5) is 11.1. The Morgan fingerprint density at radius 2 is 1.88 bits per heavy atom. The van der Waals surface area contributed by atoms with E-state index in [0.717, 1.165) is 20.1 Å². The van der Waals surface area contributed by atoms with Crippen molar-refractivity contribution in [2.45, 2.75) is 27.2 Å². The molecule has 1 rings (SSSR count). The molecular weight excluding hydrogens is 336 g/mol. The molecule has 0 N–H and O–H groups in total. The molecule has 16 heavy (non-hydrogen) atoms. The SMILES string of the molecule is CC.COC(=O)Cc1cc(Br)cc(Br)c1C. The van der Waals surface area contributed by atoms with Crippen LogP contribution in [0.3, 0.4) is 0 Å². The quantitative estimate of drug-likeness (QED) is 0.744. The smallest absolute Gasteiger partial charge is 0.309 e. The van der Waals surface area contributed by atoms with Gasteiger partial charge in [0.15, 0.2) is 0 Å². The Labute approximate surface area is 114 Å². The summed E-state index contributed by atoms with van der Waals surface area (Å²) in [6.07, 6.45) is 0.306. The van der Waals surface area contributed by atoms with Crippen LogP contribution in [0.5, 0.6) is 0 Å². The Morgan fingerprint density at radius 3 is 2.38 bits per heavy atom. The number of carbonyl (C=O) groups excluding carboxylic acids is 1. The van der Waals surface area contributed by atoms with Crippen molar-refractivity contribution in [3.8, 4) is 0 Å². The van der Waals surface area contributed by atoms with E-state index in [9.17, 15) is 4.79 Å². The molecular formula is C12H16Br2O2. The lowest BCUT2D eigenvalue weighted by Gasteiger charge is -2.07. The number of carbonyl (C=O) groups is 1. The van der Waals surface area contributed by atoms with Crippen molar-refractivity contribution in [3.05, 3.63) is 32.2 Å². The van der Waals surface area contributed by atoms with Crippen molar-refractivity contribution in [1.82, 2.24) is 0 Å². The van der Waals surface area contributed by atoms with Crippen LogP contribution in [-0.4, -0.2) is 13.1 Å². The lowest BCUT2D eigenvalue weighted by atomic mass is 10.1. The van der Waals surface area contributed by atoms with E-state index in [2.05, 4.69) is 36.6 Å². The zero-order chi connectivity index (χ0) is 12.7. The summed E-state index contributed by atoms with van der Waals surface area (Å²) in [6.45, 7) is 5.97. The van der Waals surface area contributed by atoms with Gasteiger partial charge in [0.1, 0.15) is 0 Å². The van der Waals surface area contributed by atoms with Gasteiger partial charge in [-0.05, 0) is 30.2 Å². The zero-order valence-electron chi connectivity index (χ0n) is 9.93. The van der Waals surface area contributed by atoms with E-state index < -0.39 is 0 Å². The highest BCUT2D eigenvalue weighted by molar-refractivity contribution is 9.11. The predicted octanol–water partition coefficient (Wildman–Crippen LogP) is 4.26. The van der Waals surface area contributed by atoms with Gasteiger partial charge in [-0.2, -0.15) is 0 Å². The standard InChI is InChI=1S/C10H10Br2O2.C2H6/c1-6-7(4-10(13)14-2)3-8(11)5-9(6)12;1-2/h3,5H,4H2,1-2H3;1-2H3. The first-order valence-electron chi connectivity index (χ1n) is 5.06. The molecule has 0 fully saturated rings. The van der Waals surface area contributed by atoms with Gasteiger partial charge in [-0.25, -0.2) is 0 Å². The largest absolute Gasteiger partial charge is 0.469 e. The second-order valence-electron chi connectivity index (χ2n) is 2.92. The molecule has 0 amide bonds. The van der Waals surface area contributed by atoms with Crippen molar-refractivity contribution in [2.24, 2.45) is 0 Å². The van der Waals surface area contributed by atoms with Crippen LogP contribution in [0.4, 0.5) is 0 Å². The van der Waals surface area contributed by atoms with Gasteiger partial charge in [-0.3, -0.25) is 4.79 Å². The van der Waals surface area contributed by atoms with Gasteiger partial charge >= 0.3 is 5.97 Å². The molecule has 2 nitrogen and oxygen atoms in total. The van der Waals surface area contributed by atoms with Crippen molar-refractivity contribution in [2.75, 3.05) is 7.11 Å². The molecule has 0 bridgehead atoms. The second kappa shape index (κ2) is 7.85. The van der Waals surface area contributed by atoms with Crippen LogP contribution < -0.4 is 0 Å². The summed E-state index contributed by atoms with van der Waals surface area (Å²) in [7, 11) is 1.39. The van der Waals surface area contributed by atoms with E-state index in [1.807, 2.05) is 32.9 Å². The van der Waals surface area contributed by atoms with Gasteiger partial charge in [0, 0.05) is 8.95 Å². The lowest BCUT2D eigenvalue weighted by Crippen LogP contribution is -2.06. The molecule has 1 aromatic rings. The van der Waals surface area contributed by atoms with Crippen LogP contribution in [0.1, 0.15) is 25.0 Å². The highest BCUT2D eigenvalue weighted by atomic mass is 79.9. The summed E-state index contributed by atoms with van der Waals surface area (Å²) in [5.41, 5.74) is 2.04. The van der Waals surface area contributed by atoms with Crippen LogP contribution in [-0.2, 0) is 16.0 Å². The van der Waals surface area contributed by atoms with Gasteiger partial charge in [-0.1, -0.05) is 45.7 Å². The number of hydrogen-bond donors (Lipinski definition) is 0. The molecule has 0 spiro atoms. The average Bonchev–Trinajstić information content (AvgIpc) is 2.27. The van der Waals surface area contributed by atoms with Gasteiger partial charge in [0.2, 0.25) is 0 Å². The van der Waals surface area contributed by atoms with E-state index in [1.165, 1.54) is 7.11 Å². The maximum atomic E-state index is 11.1. The minimum absolute atomic E-state index is 0.224. The van der Waals surface area contributed by atoms with Crippen LogP contribution in [0.25, 0.3) is 0 Å². The van der Waals surface area contributed by atoms with Crippen molar-refractivity contribution in [1.29, 1.82) is 0 Å². The Bertz CT molecular complexity index is 362. The van der Waals surface area contributed by atoms with Crippen molar-refractivity contribution >= 4 is 37.8 Å². The van der Waals surface area contributed by atoms with Crippen LogP contribution >= 0.6 is 31.9 Å². The van der Waals surface area contributed by atoms with Gasteiger partial charge in [-0.15, -0.1) is 0 Å². The van der Waals surface area contributed by atoms with Crippen molar-refractivity contribution < 1.29 is 9.53 Å². The van der Waals surface area contributed by atoms with Crippen LogP contribution in [0.15, 0.2) is 21.1 Å². The molecule has 0 unspecified atom stereocenters.